The van der Waals surface area contributed by atoms with Gasteiger partial charge in [-0.3, -0.25) is 19.7 Å². The van der Waals surface area contributed by atoms with Crippen molar-refractivity contribution in [3.63, 3.8) is 0 Å². The molecule has 0 spiro atoms. The molecular weight excluding hydrogens is 432 g/mol. The van der Waals surface area contributed by atoms with Crippen molar-refractivity contribution >= 4 is 40.5 Å². The zero-order chi connectivity index (χ0) is 23.4. The van der Waals surface area contributed by atoms with E-state index in [4.69, 9.17) is 11.6 Å². The van der Waals surface area contributed by atoms with Gasteiger partial charge < -0.3 is 15.1 Å². The van der Waals surface area contributed by atoms with Crippen LogP contribution in [-0.2, 0) is 4.79 Å². The molecule has 2 aromatic rings. The Hall–Kier alpha value is -3.13. The summed E-state index contributed by atoms with van der Waals surface area (Å²) in [6.07, 6.45) is 0.559. The van der Waals surface area contributed by atoms with Gasteiger partial charge in [0.25, 0.3) is 11.6 Å². The highest BCUT2D eigenvalue weighted by molar-refractivity contribution is 6.33. The molecule has 0 unspecified atom stereocenters. The second kappa shape index (κ2) is 9.99. The molecule has 9 heteroatoms. The van der Waals surface area contributed by atoms with Crippen LogP contribution in [0.2, 0.25) is 5.02 Å². The zero-order valence-corrected chi connectivity index (χ0v) is 19.2. The van der Waals surface area contributed by atoms with Crippen LogP contribution in [0.3, 0.4) is 0 Å². The fraction of sp³-hybridized carbons (Fsp3) is 0.391. The van der Waals surface area contributed by atoms with E-state index in [0.717, 1.165) is 5.69 Å². The summed E-state index contributed by atoms with van der Waals surface area (Å²) in [6, 6.07) is 9.55. The van der Waals surface area contributed by atoms with Crippen molar-refractivity contribution in [2.75, 3.05) is 36.4 Å². The monoisotopic (exact) mass is 458 g/mol. The Labute approximate surface area is 192 Å². The van der Waals surface area contributed by atoms with Crippen LogP contribution >= 0.6 is 11.6 Å². The van der Waals surface area contributed by atoms with E-state index in [9.17, 15) is 19.7 Å². The van der Waals surface area contributed by atoms with Crippen LogP contribution in [0.4, 0.5) is 17.1 Å². The first kappa shape index (κ1) is 23.5. The molecule has 0 atom stereocenters. The predicted octanol–water partition coefficient (Wildman–Crippen LogP) is 4.50. The molecular formula is C23H27ClN4O4. The van der Waals surface area contributed by atoms with Gasteiger partial charge in [-0.2, -0.15) is 0 Å². The Kier molecular flexibility index (Phi) is 7.35. The fourth-order valence-electron chi connectivity index (χ4n) is 3.72. The van der Waals surface area contributed by atoms with Gasteiger partial charge in [0.2, 0.25) is 5.91 Å². The van der Waals surface area contributed by atoms with Crippen LogP contribution in [0, 0.1) is 23.0 Å². The molecule has 1 aliphatic heterocycles. The number of nitro benzene ring substituents is 1. The van der Waals surface area contributed by atoms with Crippen molar-refractivity contribution < 1.29 is 14.5 Å². The van der Waals surface area contributed by atoms with Gasteiger partial charge in [-0.1, -0.05) is 25.4 Å². The van der Waals surface area contributed by atoms with E-state index in [2.05, 4.69) is 10.2 Å². The van der Waals surface area contributed by atoms with Gasteiger partial charge in [-0.25, -0.2) is 0 Å². The lowest BCUT2D eigenvalue weighted by Crippen LogP contribution is -2.49. The van der Waals surface area contributed by atoms with Crippen LogP contribution in [0.25, 0.3) is 0 Å². The molecule has 32 heavy (non-hydrogen) atoms. The molecule has 2 amide bonds. The summed E-state index contributed by atoms with van der Waals surface area (Å²) in [4.78, 5) is 39.3. The Bertz CT molecular complexity index is 1030. The molecule has 2 aromatic carbocycles. The van der Waals surface area contributed by atoms with Gasteiger partial charge in [0, 0.05) is 55.5 Å². The van der Waals surface area contributed by atoms with E-state index >= 15 is 0 Å². The number of nitro groups is 1. The zero-order valence-electron chi connectivity index (χ0n) is 18.4. The van der Waals surface area contributed by atoms with E-state index in [1.165, 1.54) is 18.2 Å². The number of hydrogen-bond acceptors (Lipinski definition) is 5. The Morgan fingerprint density at radius 2 is 1.81 bits per heavy atom. The quantitative estimate of drug-likeness (QED) is 0.507. The molecule has 0 saturated carbocycles. The lowest BCUT2D eigenvalue weighted by Gasteiger charge is -2.36. The van der Waals surface area contributed by atoms with Crippen LogP contribution in [0.5, 0.6) is 0 Å². The fourth-order valence-corrected chi connectivity index (χ4v) is 4.02. The average molecular weight is 459 g/mol. The molecule has 1 saturated heterocycles. The standard InChI is InChI=1S/C23H27ClN4O4/c1-15(2)12-22(29)27-10-8-26(9-11-27)21-7-5-18(14-19(21)24)25-23(30)17-4-6-20(28(31)32)16(3)13-17/h4-7,13-15H,8-12H2,1-3H3,(H,25,30). The maximum Gasteiger partial charge on any atom is 0.272 e. The second-order valence-electron chi connectivity index (χ2n) is 8.34. The third-order valence-electron chi connectivity index (χ3n) is 5.42. The second-order valence-corrected chi connectivity index (χ2v) is 8.75. The molecule has 170 valence electrons. The number of nitrogens with zero attached hydrogens (tertiary/aromatic N) is 3. The summed E-state index contributed by atoms with van der Waals surface area (Å²) >= 11 is 6.49. The molecule has 0 aliphatic carbocycles. The first-order chi connectivity index (χ1) is 15.2. The van der Waals surface area contributed by atoms with Crippen molar-refractivity contribution in [3.8, 4) is 0 Å². The molecule has 1 N–H and O–H groups in total. The summed E-state index contributed by atoms with van der Waals surface area (Å²) in [5.41, 5.74) is 2.11. The van der Waals surface area contributed by atoms with E-state index in [-0.39, 0.29) is 17.5 Å². The van der Waals surface area contributed by atoms with Crippen LogP contribution in [0.1, 0.15) is 36.2 Å². The molecule has 0 bridgehead atoms. The average Bonchev–Trinajstić information content (AvgIpc) is 2.73. The molecule has 0 aromatic heterocycles. The van der Waals surface area contributed by atoms with Crippen molar-refractivity contribution in [2.45, 2.75) is 27.2 Å². The Morgan fingerprint density at radius 3 is 2.38 bits per heavy atom. The summed E-state index contributed by atoms with van der Waals surface area (Å²) in [5, 5.41) is 14.2. The molecule has 1 heterocycles. The number of halogens is 1. The molecule has 0 radical (unpaired) electrons. The van der Waals surface area contributed by atoms with Crippen LogP contribution in [-0.4, -0.2) is 47.8 Å². The molecule has 1 fully saturated rings. The van der Waals surface area contributed by atoms with Gasteiger partial charge >= 0.3 is 0 Å². The number of carbonyl (C=O) groups is 2. The minimum absolute atomic E-state index is 0.0278. The number of piperazine rings is 1. The number of nitrogens with one attached hydrogen (secondary N) is 1. The summed E-state index contributed by atoms with van der Waals surface area (Å²) in [6.45, 7) is 8.36. The van der Waals surface area contributed by atoms with Gasteiger partial charge in [0.15, 0.2) is 0 Å². The number of rotatable bonds is 6. The van der Waals surface area contributed by atoms with E-state index < -0.39 is 4.92 Å². The SMILES string of the molecule is Cc1cc(C(=O)Nc2ccc(N3CCN(C(=O)CC(C)C)CC3)c(Cl)c2)ccc1[N+](=O)[O-]. The third kappa shape index (κ3) is 5.56. The van der Waals surface area contributed by atoms with Crippen LogP contribution in [0.15, 0.2) is 36.4 Å². The first-order valence-corrected chi connectivity index (χ1v) is 10.9. The third-order valence-corrected chi connectivity index (χ3v) is 5.72. The molecule has 3 rings (SSSR count). The number of aryl methyl sites for hydroxylation is 1. The lowest BCUT2D eigenvalue weighted by atomic mass is 10.1. The maximum absolute atomic E-state index is 12.5. The Morgan fingerprint density at radius 1 is 1.12 bits per heavy atom. The number of hydrogen-bond donors (Lipinski definition) is 1. The smallest absolute Gasteiger partial charge is 0.272 e. The summed E-state index contributed by atoms with van der Waals surface area (Å²) in [7, 11) is 0. The summed E-state index contributed by atoms with van der Waals surface area (Å²) < 4.78 is 0. The van der Waals surface area contributed by atoms with Gasteiger partial charge in [-0.05, 0) is 43.2 Å². The number of anilines is 2. The van der Waals surface area contributed by atoms with E-state index in [1.54, 1.807) is 19.1 Å². The van der Waals surface area contributed by atoms with Crippen LogP contribution < -0.4 is 10.2 Å². The lowest BCUT2D eigenvalue weighted by molar-refractivity contribution is -0.385. The van der Waals surface area contributed by atoms with Crippen molar-refractivity contribution in [1.82, 2.24) is 4.90 Å². The summed E-state index contributed by atoms with van der Waals surface area (Å²) in [5.74, 6) is 0.155. The minimum atomic E-state index is -0.477. The van der Waals surface area contributed by atoms with Gasteiger partial charge in [-0.15, -0.1) is 0 Å². The molecule has 1 aliphatic rings. The Balaban J connectivity index is 1.63. The topological polar surface area (TPSA) is 95.8 Å². The minimum Gasteiger partial charge on any atom is -0.367 e. The van der Waals surface area contributed by atoms with Crippen molar-refractivity contribution in [1.29, 1.82) is 0 Å². The van der Waals surface area contributed by atoms with Gasteiger partial charge in [0.05, 0.1) is 15.6 Å². The highest BCUT2D eigenvalue weighted by Crippen LogP contribution is 2.30. The van der Waals surface area contributed by atoms with E-state index in [0.29, 0.717) is 60.4 Å². The number of carbonyl (C=O) groups excluding carboxylic acids is 2. The van der Waals surface area contributed by atoms with E-state index in [1.807, 2.05) is 24.8 Å². The van der Waals surface area contributed by atoms with Crippen molar-refractivity contribution in [3.05, 3.63) is 62.7 Å². The highest BCUT2D eigenvalue weighted by atomic mass is 35.5. The first-order valence-electron chi connectivity index (χ1n) is 10.5. The predicted molar refractivity (Wildman–Crippen MR) is 125 cm³/mol. The number of amides is 2. The largest absolute Gasteiger partial charge is 0.367 e. The normalized spacial score (nSPS) is 13.9. The van der Waals surface area contributed by atoms with Crippen molar-refractivity contribution in [2.24, 2.45) is 5.92 Å². The molecule has 8 nitrogen and oxygen atoms in total. The maximum atomic E-state index is 12.5. The van der Waals surface area contributed by atoms with Gasteiger partial charge in [0.1, 0.15) is 0 Å². The highest BCUT2D eigenvalue weighted by Gasteiger charge is 2.23. The number of benzene rings is 2.